The topological polar surface area (TPSA) is 51.0 Å². The van der Waals surface area contributed by atoms with E-state index in [9.17, 15) is 0 Å². The fraction of sp³-hybridized carbons (Fsp3) is 0.533. The van der Waals surface area contributed by atoms with E-state index in [1.54, 1.807) is 6.92 Å². The van der Waals surface area contributed by atoms with Crippen LogP contribution in [0.15, 0.2) is 29.4 Å². The van der Waals surface area contributed by atoms with Crippen molar-refractivity contribution in [3.05, 3.63) is 29.8 Å². The van der Waals surface area contributed by atoms with Crippen LogP contribution in [0.25, 0.3) is 0 Å². The first-order valence-electron chi connectivity index (χ1n) is 6.79. The monoisotopic (exact) mass is 263 g/mol. The van der Waals surface area contributed by atoms with Gasteiger partial charge in [0.15, 0.2) is 0 Å². The van der Waals surface area contributed by atoms with Gasteiger partial charge in [0.25, 0.3) is 0 Å². The van der Waals surface area contributed by atoms with Gasteiger partial charge in [-0.2, -0.15) is 0 Å². The van der Waals surface area contributed by atoms with Crippen LogP contribution in [0.1, 0.15) is 31.7 Å². The second kappa shape index (κ2) is 7.14. The minimum Gasteiger partial charge on any atom is -0.491 e. The molecule has 1 fully saturated rings. The molecule has 0 aromatic heterocycles. The predicted molar refractivity (Wildman–Crippen MR) is 74.1 cm³/mol. The lowest BCUT2D eigenvalue weighted by molar-refractivity contribution is -0.0110. The Kier molecular flexibility index (Phi) is 5.21. The molecule has 1 saturated heterocycles. The van der Waals surface area contributed by atoms with Crippen molar-refractivity contribution in [1.82, 2.24) is 0 Å². The average molecular weight is 263 g/mol. The lowest BCUT2D eigenvalue weighted by atomic mass is 10.1. The molecule has 4 nitrogen and oxygen atoms in total. The van der Waals surface area contributed by atoms with E-state index in [2.05, 4.69) is 5.16 Å². The van der Waals surface area contributed by atoms with E-state index in [1.807, 2.05) is 24.3 Å². The largest absolute Gasteiger partial charge is 0.491 e. The molecule has 0 bridgehead atoms. The molecule has 1 N–H and O–H groups in total. The molecule has 0 radical (unpaired) electrons. The van der Waals surface area contributed by atoms with Crippen LogP contribution >= 0.6 is 0 Å². The molecule has 1 aliphatic heterocycles. The molecule has 1 aromatic rings. The Morgan fingerprint density at radius 3 is 2.79 bits per heavy atom. The summed E-state index contributed by atoms with van der Waals surface area (Å²) in [4.78, 5) is 0. The minimum atomic E-state index is 0.234. The maximum absolute atomic E-state index is 8.63. The summed E-state index contributed by atoms with van der Waals surface area (Å²) in [6, 6.07) is 7.88. The number of hydrogen-bond donors (Lipinski definition) is 1. The van der Waals surface area contributed by atoms with E-state index in [4.69, 9.17) is 14.7 Å². The maximum Gasteiger partial charge on any atom is 0.119 e. The summed E-state index contributed by atoms with van der Waals surface area (Å²) in [5, 5.41) is 11.8. The molecule has 0 spiro atoms. The van der Waals surface area contributed by atoms with E-state index in [-0.39, 0.29) is 6.10 Å². The molecule has 1 aromatic carbocycles. The molecular formula is C15H21NO3. The zero-order valence-electron chi connectivity index (χ0n) is 11.3. The highest BCUT2D eigenvalue weighted by Gasteiger charge is 2.14. The van der Waals surface area contributed by atoms with Crippen LogP contribution in [0.4, 0.5) is 0 Å². The Labute approximate surface area is 114 Å². The standard InChI is InChI=1S/C15H21NO3/c1-12(16-17)10-13-5-7-14(8-6-13)19-11-15-4-2-3-9-18-15/h5-8,15,17H,2-4,9-11H2,1H3/b16-12-. The molecule has 0 amide bonds. The predicted octanol–water partition coefficient (Wildman–Crippen LogP) is 3.03. The molecule has 19 heavy (non-hydrogen) atoms. The number of ether oxygens (including phenoxy) is 2. The summed E-state index contributed by atoms with van der Waals surface area (Å²) < 4.78 is 11.3. The van der Waals surface area contributed by atoms with Crippen molar-refractivity contribution in [2.24, 2.45) is 5.16 Å². The normalized spacial score (nSPS) is 20.3. The molecule has 4 heteroatoms. The van der Waals surface area contributed by atoms with E-state index < -0.39 is 0 Å². The summed E-state index contributed by atoms with van der Waals surface area (Å²) in [5.74, 6) is 0.858. The number of benzene rings is 1. The van der Waals surface area contributed by atoms with Crippen LogP contribution in [-0.4, -0.2) is 30.2 Å². The van der Waals surface area contributed by atoms with Crippen molar-refractivity contribution in [3.8, 4) is 5.75 Å². The number of rotatable bonds is 5. The molecule has 104 valence electrons. The van der Waals surface area contributed by atoms with Gasteiger partial charge in [-0.3, -0.25) is 0 Å². The van der Waals surface area contributed by atoms with Gasteiger partial charge in [-0.1, -0.05) is 17.3 Å². The Morgan fingerprint density at radius 1 is 1.37 bits per heavy atom. The summed E-state index contributed by atoms with van der Waals surface area (Å²) in [7, 11) is 0. The zero-order valence-corrected chi connectivity index (χ0v) is 11.3. The highest BCUT2D eigenvalue weighted by molar-refractivity contribution is 5.83. The average Bonchev–Trinajstić information content (AvgIpc) is 2.47. The first-order chi connectivity index (χ1) is 9.28. The number of nitrogens with zero attached hydrogens (tertiary/aromatic N) is 1. The van der Waals surface area contributed by atoms with Gasteiger partial charge < -0.3 is 14.7 Å². The maximum atomic E-state index is 8.63. The van der Waals surface area contributed by atoms with Crippen LogP contribution in [-0.2, 0) is 11.2 Å². The van der Waals surface area contributed by atoms with Crippen LogP contribution in [0.2, 0.25) is 0 Å². The molecule has 1 aliphatic rings. The summed E-state index contributed by atoms with van der Waals surface area (Å²) in [6.45, 7) is 3.27. The molecular weight excluding hydrogens is 242 g/mol. The van der Waals surface area contributed by atoms with Gasteiger partial charge >= 0.3 is 0 Å². The smallest absolute Gasteiger partial charge is 0.119 e. The quantitative estimate of drug-likeness (QED) is 0.504. The minimum absolute atomic E-state index is 0.234. The van der Waals surface area contributed by atoms with Gasteiger partial charge in [0.1, 0.15) is 12.4 Å². The van der Waals surface area contributed by atoms with Crippen molar-refractivity contribution in [2.45, 2.75) is 38.7 Å². The summed E-state index contributed by atoms with van der Waals surface area (Å²) in [6.07, 6.45) is 4.37. The number of oxime groups is 1. The van der Waals surface area contributed by atoms with Crippen LogP contribution < -0.4 is 4.74 Å². The Morgan fingerprint density at radius 2 is 2.16 bits per heavy atom. The van der Waals surface area contributed by atoms with Gasteiger partial charge in [0.05, 0.1) is 11.8 Å². The highest BCUT2D eigenvalue weighted by atomic mass is 16.5. The third-order valence-electron chi connectivity index (χ3n) is 3.26. The van der Waals surface area contributed by atoms with E-state index in [1.165, 1.54) is 6.42 Å². The second-order valence-electron chi connectivity index (χ2n) is 4.96. The van der Waals surface area contributed by atoms with Crippen LogP contribution in [0, 0.1) is 0 Å². The third-order valence-corrected chi connectivity index (χ3v) is 3.26. The van der Waals surface area contributed by atoms with Gasteiger partial charge in [-0.05, 0) is 43.9 Å². The molecule has 0 saturated carbocycles. The van der Waals surface area contributed by atoms with Gasteiger partial charge in [0, 0.05) is 13.0 Å². The first-order valence-corrected chi connectivity index (χ1v) is 6.79. The summed E-state index contributed by atoms with van der Waals surface area (Å²) in [5.41, 5.74) is 1.81. The molecule has 1 heterocycles. The highest BCUT2D eigenvalue weighted by Crippen LogP contribution is 2.17. The van der Waals surface area contributed by atoms with Gasteiger partial charge in [-0.15, -0.1) is 0 Å². The lowest BCUT2D eigenvalue weighted by Gasteiger charge is -2.22. The van der Waals surface area contributed by atoms with E-state index in [0.29, 0.717) is 18.7 Å². The third kappa shape index (κ3) is 4.56. The molecule has 0 aliphatic carbocycles. The van der Waals surface area contributed by atoms with Gasteiger partial charge in [0.2, 0.25) is 0 Å². The van der Waals surface area contributed by atoms with Crippen LogP contribution in [0.5, 0.6) is 5.75 Å². The van der Waals surface area contributed by atoms with Crippen LogP contribution in [0.3, 0.4) is 0 Å². The van der Waals surface area contributed by atoms with E-state index >= 15 is 0 Å². The molecule has 1 atom stereocenters. The molecule has 2 rings (SSSR count). The van der Waals surface area contributed by atoms with Crippen molar-refractivity contribution in [3.63, 3.8) is 0 Å². The Hall–Kier alpha value is -1.55. The SMILES string of the molecule is C/C(Cc1ccc(OCC2CCCCO2)cc1)=N/O. The Balaban J connectivity index is 1.81. The summed E-state index contributed by atoms with van der Waals surface area (Å²) >= 11 is 0. The second-order valence-corrected chi connectivity index (χ2v) is 4.96. The fourth-order valence-corrected chi connectivity index (χ4v) is 2.16. The van der Waals surface area contributed by atoms with Gasteiger partial charge in [-0.25, -0.2) is 0 Å². The van der Waals surface area contributed by atoms with Crippen molar-refractivity contribution in [1.29, 1.82) is 0 Å². The Bertz CT molecular complexity index is 408. The van der Waals surface area contributed by atoms with Crippen molar-refractivity contribution < 1.29 is 14.7 Å². The molecule has 1 unspecified atom stereocenters. The number of hydrogen-bond acceptors (Lipinski definition) is 4. The van der Waals surface area contributed by atoms with Crippen molar-refractivity contribution in [2.75, 3.05) is 13.2 Å². The fourth-order valence-electron chi connectivity index (χ4n) is 2.16. The van der Waals surface area contributed by atoms with E-state index in [0.717, 1.165) is 30.8 Å². The van der Waals surface area contributed by atoms with Crippen molar-refractivity contribution >= 4 is 5.71 Å². The lowest BCUT2D eigenvalue weighted by Crippen LogP contribution is -2.25. The zero-order chi connectivity index (χ0) is 13.5. The first kappa shape index (κ1) is 13.9.